The molecule has 2 aromatic carbocycles. The molecule has 0 aromatic heterocycles. The normalized spacial score (nSPS) is 11.6. The monoisotopic (exact) mass is 287 g/mol. The Hall–Kier alpha value is -1.31. The molecule has 0 bridgehead atoms. The number of benzene rings is 2. The maximum absolute atomic E-state index is 6.01. The fraction of sp³-hybridized carbons (Fsp3) is 0.333. The van der Waals surface area contributed by atoms with Crippen LogP contribution < -0.4 is 5.32 Å². The van der Waals surface area contributed by atoms with Gasteiger partial charge in [-0.1, -0.05) is 54.1 Å². The van der Waals surface area contributed by atoms with Gasteiger partial charge >= 0.3 is 0 Å². The van der Waals surface area contributed by atoms with Crippen LogP contribution in [0.3, 0.4) is 0 Å². The van der Waals surface area contributed by atoms with Gasteiger partial charge in [-0.2, -0.15) is 0 Å². The van der Waals surface area contributed by atoms with Gasteiger partial charge in [-0.25, -0.2) is 0 Å². The van der Waals surface area contributed by atoms with E-state index >= 15 is 0 Å². The quantitative estimate of drug-likeness (QED) is 0.801. The van der Waals surface area contributed by atoms with Gasteiger partial charge in [-0.3, -0.25) is 0 Å². The van der Waals surface area contributed by atoms with Gasteiger partial charge in [0.1, 0.15) is 0 Å². The summed E-state index contributed by atoms with van der Waals surface area (Å²) in [5.41, 5.74) is 2.73. The van der Waals surface area contributed by atoms with Crippen molar-refractivity contribution in [3.05, 3.63) is 70.7 Å². The Morgan fingerprint density at radius 3 is 2.35 bits per heavy atom. The van der Waals surface area contributed by atoms with Gasteiger partial charge < -0.3 is 5.32 Å². The smallest absolute Gasteiger partial charge is 0.0409 e. The summed E-state index contributed by atoms with van der Waals surface area (Å²) in [4.78, 5) is 0. The Kier molecular flexibility index (Phi) is 5.22. The molecule has 0 radical (unpaired) electrons. The van der Waals surface area contributed by atoms with Crippen molar-refractivity contribution in [2.75, 3.05) is 0 Å². The molecule has 0 amide bonds. The Bertz CT molecular complexity index is 534. The number of nitrogens with one attached hydrogen (secondary N) is 1. The van der Waals surface area contributed by atoms with E-state index in [1.165, 1.54) is 11.1 Å². The van der Waals surface area contributed by atoms with Gasteiger partial charge in [0.05, 0.1) is 0 Å². The third kappa shape index (κ3) is 4.99. The number of halogens is 1. The van der Waals surface area contributed by atoms with Crippen LogP contribution in [0.2, 0.25) is 5.02 Å². The zero-order valence-corrected chi connectivity index (χ0v) is 13.0. The van der Waals surface area contributed by atoms with Crippen LogP contribution in [0.4, 0.5) is 0 Å². The van der Waals surface area contributed by atoms with E-state index in [1.807, 2.05) is 18.2 Å². The van der Waals surface area contributed by atoms with E-state index in [0.717, 1.165) is 24.4 Å². The molecule has 0 fully saturated rings. The molecule has 106 valence electrons. The van der Waals surface area contributed by atoms with E-state index in [2.05, 4.69) is 55.6 Å². The fourth-order valence-electron chi connectivity index (χ4n) is 2.18. The SMILES string of the molecule is CC(C)(CCc1ccccc1)NCc1cccc(Cl)c1. The second-order valence-electron chi connectivity index (χ2n) is 5.85. The van der Waals surface area contributed by atoms with Gasteiger partial charge in [-0.05, 0) is 49.9 Å². The molecule has 2 aromatic rings. The first-order valence-corrected chi connectivity index (χ1v) is 7.46. The van der Waals surface area contributed by atoms with Crippen LogP contribution in [0.25, 0.3) is 0 Å². The Morgan fingerprint density at radius 2 is 1.65 bits per heavy atom. The minimum Gasteiger partial charge on any atom is -0.308 e. The van der Waals surface area contributed by atoms with Gasteiger partial charge in [0.25, 0.3) is 0 Å². The van der Waals surface area contributed by atoms with E-state index in [-0.39, 0.29) is 5.54 Å². The highest BCUT2D eigenvalue weighted by molar-refractivity contribution is 6.30. The van der Waals surface area contributed by atoms with Crippen molar-refractivity contribution in [1.29, 1.82) is 0 Å². The summed E-state index contributed by atoms with van der Waals surface area (Å²) < 4.78 is 0. The highest BCUT2D eigenvalue weighted by atomic mass is 35.5. The highest BCUT2D eigenvalue weighted by Crippen LogP contribution is 2.16. The summed E-state index contributed by atoms with van der Waals surface area (Å²) in [6.45, 7) is 5.35. The topological polar surface area (TPSA) is 12.0 Å². The Labute approximate surface area is 127 Å². The molecule has 0 unspecified atom stereocenters. The van der Waals surface area contributed by atoms with Crippen molar-refractivity contribution in [2.24, 2.45) is 0 Å². The van der Waals surface area contributed by atoms with Crippen molar-refractivity contribution in [1.82, 2.24) is 5.32 Å². The Morgan fingerprint density at radius 1 is 0.950 bits per heavy atom. The van der Waals surface area contributed by atoms with Crippen molar-refractivity contribution >= 4 is 11.6 Å². The first kappa shape index (κ1) is 15.1. The molecule has 1 nitrogen and oxygen atoms in total. The molecule has 0 atom stereocenters. The summed E-state index contributed by atoms with van der Waals surface area (Å²) in [7, 11) is 0. The lowest BCUT2D eigenvalue weighted by molar-refractivity contribution is 0.360. The lowest BCUT2D eigenvalue weighted by Gasteiger charge is -2.26. The largest absolute Gasteiger partial charge is 0.308 e. The van der Waals surface area contributed by atoms with Crippen LogP contribution in [-0.4, -0.2) is 5.54 Å². The van der Waals surface area contributed by atoms with Crippen LogP contribution in [0.5, 0.6) is 0 Å². The average molecular weight is 288 g/mol. The molecule has 0 heterocycles. The van der Waals surface area contributed by atoms with E-state index < -0.39 is 0 Å². The van der Waals surface area contributed by atoms with E-state index in [9.17, 15) is 0 Å². The molecule has 20 heavy (non-hydrogen) atoms. The van der Waals surface area contributed by atoms with Gasteiger partial charge in [0.2, 0.25) is 0 Å². The third-order valence-electron chi connectivity index (χ3n) is 3.54. The molecule has 2 rings (SSSR count). The molecular formula is C18H22ClN. The minimum absolute atomic E-state index is 0.109. The maximum atomic E-state index is 6.01. The van der Waals surface area contributed by atoms with Crippen LogP contribution in [-0.2, 0) is 13.0 Å². The maximum Gasteiger partial charge on any atom is 0.0409 e. The predicted octanol–water partition coefficient (Wildman–Crippen LogP) is 4.84. The number of aryl methyl sites for hydroxylation is 1. The summed E-state index contributed by atoms with van der Waals surface area (Å²) in [5, 5.41) is 4.41. The van der Waals surface area contributed by atoms with E-state index in [1.54, 1.807) is 0 Å². The van der Waals surface area contributed by atoms with Crippen molar-refractivity contribution in [3.8, 4) is 0 Å². The zero-order chi connectivity index (χ0) is 14.4. The molecule has 0 aliphatic rings. The highest BCUT2D eigenvalue weighted by Gasteiger charge is 2.16. The summed E-state index contributed by atoms with van der Waals surface area (Å²) >= 11 is 6.01. The molecule has 0 saturated carbocycles. The van der Waals surface area contributed by atoms with E-state index in [0.29, 0.717) is 0 Å². The molecule has 0 aliphatic carbocycles. The molecule has 2 heteroatoms. The first-order valence-electron chi connectivity index (χ1n) is 7.09. The molecule has 0 saturated heterocycles. The zero-order valence-electron chi connectivity index (χ0n) is 12.2. The van der Waals surface area contributed by atoms with Crippen molar-refractivity contribution < 1.29 is 0 Å². The standard InChI is InChI=1S/C18H22ClN/c1-18(2,12-11-15-7-4-3-5-8-15)20-14-16-9-6-10-17(19)13-16/h3-10,13,20H,11-12,14H2,1-2H3. The van der Waals surface area contributed by atoms with E-state index in [4.69, 9.17) is 11.6 Å². The second-order valence-corrected chi connectivity index (χ2v) is 6.29. The Balaban J connectivity index is 1.84. The fourth-order valence-corrected chi connectivity index (χ4v) is 2.39. The van der Waals surface area contributed by atoms with Crippen LogP contribution >= 0.6 is 11.6 Å². The summed E-state index contributed by atoms with van der Waals surface area (Å²) in [6, 6.07) is 18.7. The minimum atomic E-state index is 0.109. The number of hydrogen-bond acceptors (Lipinski definition) is 1. The predicted molar refractivity (Wildman–Crippen MR) is 87.1 cm³/mol. The second kappa shape index (κ2) is 6.92. The van der Waals surface area contributed by atoms with Crippen LogP contribution in [0, 0.1) is 0 Å². The summed E-state index contributed by atoms with van der Waals surface area (Å²) in [6.07, 6.45) is 2.20. The molecule has 0 spiro atoms. The van der Waals surface area contributed by atoms with Crippen LogP contribution in [0.1, 0.15) is 31.4 Å². The average Bonchev–Trinajstić information content (AvgIpc) is 2.45. The molecule has 1 N–H and O–H groups in total. The molecule has 0 aliphatic heterocycles. The van der Waals surface area contributed by atoms with Gasteiger partial charge in [-0.15, -0.1) is 0 Å². The van der Waals surface area contributed by atoms with Gasteiger partial charge in [0, 0.05) is 17.1 Å². The lowest BCUT2D eigenvalue weighted by atomic mass is 9.95. The third-order valence-corrected chi connectivity index (χ3v) is 3.78. The van der Waals surface area contributed by atoms with Crippen LogP contribution in [0.15, 0.2) is 54.6 Å². The molecular weight excluding hydrogens is 266 g/mol. The first-order chi connectivity index (χ1) is 9.55. The number of rotatable bonds is 6. The van der Waals surface area contributed by atoms with Crippen molar-refractivity contribution in [2.45, 2.75) is 38.8 Å². The number of hydrogen-bond donors (Lipinski definition) is 1. The van der Waals surface area contributed by atoms with Crippen molar-refractivity contribution in [3.63, 3.8) is 0 Å². The summed E-state index contributed by atoms with van der Waals surface area (Å²) in [5.74, 6) is 0. The lowest BCUT2D eigenvalue weighted by Crippen LogP contribution is -2.39. The van der Waals surface area contributed by atoms with Gasteiger partial charge in [0.15, 0.2) is 0 Å².